The number of halogens is 1. The lowest BCUT2D eigenvalue weighted by molar-refractivity contribution is -0.897. The lowest BCUT2D eigenvalue weighted by Crippen LogP contribution is -3.00. The van der Waals surface area contributed by atoms with E-state index in [2.05, 4.69) is 13.6 Å². The van der Waals surface area contributed by atoms with E-state index in [0.717, 1.165) is 6.42 Å². The van der Waals surface area contributed by atoms with Gasteiger partial charge in [-0.2, -0.15) is 0 Å². The molecule has 0 bridgehead atoms. The second-order valence-electron chi connectivity index (χ2n) is 7.05. The van der Waals surface area contributed by atoms with Crippen LogP contribution in [0, 0.1) is 0 Å². The molecule has 136 valence electrons. The third-order valence-electron chi connectivity index (χ3n) is 4.90. The zero-order valence-electron chi connectivity index (χ0n) is 15.0. The standard InChI is InChI=1S/C19H36NO2.BrH/c1-3-19(21)22-18-14-10-8-6-4-5-7-9-11-15-20(2)16-12-13-17-20;/h3H,1,4-18H2,2H3;1H/q+1;/p-1. The summed E-state index contributed by atoms with van der Waals surface area (Å²) in [7, 11) is 2.43. The number of ether oxygens (including phenoxy) is 1. The first-order valence-electron chi connectivity index (χ1n) is 9.29. The number of hydrogen-bond acceptors (Lipinski definition) is 2. The van der Waals surface area contributed by atoms with Crippen molar-refractivity contribution < 1.29 is 31.0 Å². The van der Waals surface area contributed by atoms with Gasteiger partial charge in [0.25, 0.3) is 0 Å². The Morgan fingerprint density at radius 1 is 0.957 bits per heavy atom. The smallest absolute Gasteiger partial charge is 0.330 e. The van der Waals surface area contributed by atoms with Gasteiger partial charge in [-0.3, -0.25) is 0 Å². The van der Waals surface area contributed by atoms with E-state index < -0.39 is 0 Å². The third kappa shape index (κ3) is 11.8. The minimum absolute atomic E-state index is 0. The van der Waals surface area contributed by atoms with Crippen molar-refractivity contribution in [3.63, 3.8) is 0 Å². The average molecular weight is 390 g/mol. The van der Waals surface area contributed by atoms with Gasteiger partial charge in [0.1, 0.15) is 0 Å². The topological polar surface area (TPSA) is 26.3 Å². The van der Waals surface area contributed by atoms with Crippen LogP contribution in [0.15, 0.2) is 12.7 Å². The van der Waals surface area contributed by atoms with Gasteiger partial charge in [0.05, 0.1) is 33.3 Å². The summed E-state index contributed by atoms with van der Waals surface area (Å²) in [5, 5.41) is 0. The van der Waals surface area contributed by atoms with E-state index >= 15 is 0 Å². The normalized spacial score (nSPS) is 15.9. The van der Waals surface area contributed by atoms with Crippen molar-refractivity contribution in [3.05, 3.63) is 12.7 Å². The van der Waals surface area contributed by atoms with E-state index in [9.17, 15) is 4.79 Å². The maximum absolute atomic E-state index is 10.8. The molecule has 0 radical (unpaired) electrons. The quantitative estimate of drug-likeness (QED) is 0.206. The minimum atomic E-state index is -0.301. The lowest BCUT2D eigenvalue weighted by atomic mass is 10.1. The van der Waals surface area contributed by atoms with Crippen LogP contribution in [0.2, 0.25) is 0 Å². The molecular formula is C19H36BrNO2. The van der Waals surface area contributed by atoms with E-state index in [1.807, 2.05) is 0 Å². The molecule has 1 saturated heterocycles. The number of carbonyl (C=O) groups is 1. The molecule has 0 saturated carbocycles. The van der Waals surface area contributed by atoms with E-state index in [1.54, 1.807) is 0 Å². The molecule has 3 nitrogen and oxygen atoms in total. The zero-order chi connectivity index (χ0) is 16.1. The zero-order valence-corrected chi connectivity index (χ0v) is 16.6. The van der Waals surface area contributed by atoms with Crippen LogP contribution < -0.4 is 17.0 Å². The van der Waals surface area contributed by atoms with Crippen LogP contribution in [0.5, 0.6) is 0 Å². The Kier molecular flexibility index (Phi) is 13.8. The molecule has 0 spiro atoms. The lowest BCUT2D eigenvalue weighted by Gasteiger charge is -2.29. The maximum atomic E-state index is 10.8. The van der Waals surface area contributed by atoms with Crippen LogP contribution in [0.1, 0.15) is 70.6 Å². The Labute approximate surface area is 153 Å². The third-order valence-corrected chi connectivity index (χ3v) is 4.90. The number of nitrogens with zero attached hydrogens (tertiary/aromatic N) is 1. The van der Waals surface area contributed by atoms with Gasteiger partial charge < -0.3 is 26.2 Å². The molecule has 0 aromatic heterocycles. The number of esters is 1. The number of likely N-dealkylation sites (tertiary alicyclic amines) is 1. The van der Waals surface area contributed by atoms with Gasteiger partial charge in [0.2, 0.25) is 0 Å². The molecule has 0 amide bonds. The summed E-state index contributed by atoms with van der Waals surface area (Å²) >= 11 is 0. The van der Waals surface area contributed by atoms with Crippen LogP contribution in [0.25, 0.3) is 0 Å². The highest BCUT2D eigenvalue weighted by Crippen LogP contribution is 2.18. The molecule has 0 aromatic rings. The molecule has 0 N–H and O–H groups in total. The molecule has 0 aromatic carbocycles. The van der Waals surface area contributed by atoms with Gasteiger partial charge in [-0.05, 0) is 19.3 Å². The Morgan fingerprint density at radius 2 is 1.43 bits per heavy atom. The minimum Gasteiger partial charge on any atom is -1.00 e. The summed E-state index contributed by atoms with van der Waals surface area (Å²) in [5.41, 5.74) is 0. The Bertz CT molecular complexity index is 314. The van der Waals surface area contributed by atoms with Crippen LogP contribution in [0.4, 0.5) is 0 Å². The second kappa shape index (κ2) is 14.0. The largest absolute Gasteiger partial charge is 1.00 e. The van der Waals surface area contributed by atoms with Crippen molar-refractivity contribution in [3.8, 4) is 0 Å². The SMILES string of the molecule is C=CC(=O)OCCCCCCCCCCC[N+]1(C)CCCC1.[Br-]. The predicted molar refractivity (Wildman–Crippen MR) is 92.7 cm³/mol. The Morgan fingerprint density at radius 3 is 1.96 bits per heavy atom. The number of carbonyl (C=O) groups excluding carboxylic acids is 1. The summed E-state index contributed by atoms with van der Waals surface area (Å²) in [6.45, 7) is 8.13. The second-order valence-corrected chi connectivity index (χ2v) is 7.05. The summed E-state index contributed by atoms with van der Waals surface area (Å²) in [6, 6.07) is 0. The molecule has 1 aliphatic heterocycles. The predicted octanol–water partition coefficient (Wildman–Crippen LogP) is 1.47. The summed E-state index contributed by atoms with van der Waals surface area (Å²) in [5.74, 6) is -0.301. The van der Waals surface area contributed by atoms with Crippen molar-refractivity contribution in [1.29, 1.82) is 0 Å². The summed E-state index contributed by atoms with van der Waals surface area (Å²) < 4.78 is 6.28. The van der Waals surface area contributed by atoms with Gasteiger partial charge in [-0.1, -0.05) is 45.1 Å². The first kappa shape index (κ1) is 22.6. The molecule has 0 atom stereocenters. The van der Waals surface area contributed by atoms with Crippen LogP contribution in [0.3, 0.4) is 0 Å². The highest BCUT2D eigenvalue weighted by atomic mass is 79.9. The van der Waals surface area contributed by atoms with Crippen molar-refractivity contribution in [2.24, 2.45) is 0 Å². The first-order chi connectivity index (χ1) is 10.7. The van der Waals surface area contributed by atoms with Gasteiger partial charge in [0, 0.05) is 18.9 Å². The van der Waals surface area contributed by atoms with Crippen molar-refractivity contribution in [2.45, 2.75) is 70.6 Å². The van der Waals surface area contributed by atoms with E-state index in [4.69, 9.17) is 4.74 Å². The van der Waals surface area contributed by atoms with E-state index in [0.29, 0.717) is 6.61 Å². The fourth-order valence-electron chi connectivity index (χ4n) is 3.39. The van der Waals surface area contributed by atoms with Crippen LogP contribution >= 0.6 is 0 Å². The van der Waals surface area contributed by atoms with Crippen LogP contribution in [-0.4, -0.2) is 43.7 Å². The number of rotatable bonds is 13. The highest BCUT2D eigenvalue weighted by molar-refractivity contribution is 5.81. The molecule has 4 heteroatoms. The summed E-state index contributed by atoms with van der Waals surface area (Å²) in [6.07, 6.45) is 15.8. The fraction of sp³-hybridized carbons (Fsp3) is 0.842. The molecule has 1 fully saturated rings. The molecule has 23 heavy (non-hydrogen) atoms. The molecule has 1 heterocycles. The number of unbranched alkanes of at least 4 members (excludes halogenated alkanes) is 8. The van der Waals surface area contributed by atoms with Gasteiger partial charge >= 0.3 is 5.97 Å². The van der Waals surface area contributed by atoms with Gasteiger partial charge in [-0.15, -0.1) is 0 Å². The Balaban J connectivity index is 0.00000484. The van der Waals surface area contributed by atoms with Crippen molar-refractivity contribution in [1.82, 2.24) is 0 Å². The monoisotopic (exact) mass is 389 g/mol. The molecule has 0 aliphatic carbocycles. The molecule has 0 unspecified atom stereocenters. The fourth-order valence-corrected chi connectivity index (χ4v) is 3.39. The van der Waals surface area contributed by atoms with Crippen molar-refractivity contribution in [2.75, 3.05) is 33.3 Å². The number of quaternary nitrogens is 1. The first-order valence-corrected chi connectivity index (χ1v) is 9.29. The van der Waals surface area contributed by atoms with Gasteiger partial charge in [0.15, 0.2) is 0 Å². The van der Waals surface area contributed by atoms with E-state index in [1.165, 1.54) is 94.4 Å². The Hall–Kier alpha value is -0.350. The molecule has 1 rings (SSSR count). The molecule has 1 aliphatic rings. The van der Waals surface area contributed by atoms with Crippen molar-refractivity contribution >= 4 is 5.97 Å². The summed E-state index contributed by atoms with van der Waals surface area (Å²) in [4.78, 5) is 10.8. The number of hydrogen-bond donors (Lipinski definition) is 0. The van der Waals surface area contributed by atoms with Gasteiger partial charge in [-0.25, -0.2) is 4.79 Å². The molecular weight excluding hydrogens is 354 g/mol. The van der Waals surface area contributed by atoms with Crippen LogP contribution in [-0.2, 0) is 9.53 Å². The average Bonchev–Trinajstić information content (AvgIpc) is 2.95. The highest BCUT2D eigenvalue weighted by Gasteiger charge is 2.25. The maximum Gasteiger partial charge on any atom is 0.330 e. The van der Waals surface area contributed by atoms with E-state index in [-0.39, 0.29) is 23.0 Å².